The molecule has 1 amide bonds. The quantitative estimate of drug-likeness (QED) is 0.931. The fraction of sp³-hybridized carbons (Fsp3) is 0.533. The highest BCUT2D eigenvalue weighted by Crippen LogP contribution is 2.20. The molecule has 1 aromatic carbocycles. The second-order valence-corrected chi connectivity index (χ2v) is 5.76. The van der Waals surface area contributed by atoms with Gasteiger partial charge in [-0.05, 0) is 39.0 Å². The summed E-state index contributed by atoms with van der Waals surface area (Å²) in [6, 6.07) is 7.47. The van der Waals surface area contributed by atoms with Crippen LogP contribution in [0.3, 0.4) is 0 Å². The Balaban J connectivity index is 2.04. The van der Waals surface area contributed by atoms with Gasteiger partial charge in [-0.3, -0.25) is 4.79 Å². The van der Waals surface area contributed by atoms with Crippen LogP contribution < -0.4 is 10.1 Å². The molecule has 0 bridgehead atoms. The standard InChI is InChI=1S/C15H21ClN2O2/c1-10-8-17-9-11(2)18(10)15(19)12(3)20-14-6-4-5-13(16)7-14/h4-7,10-12,17H,8-9H2,1-3H3. The van der Waals surface area contributed by atoms with E-state index in [1.165, 1.54) is 0 Å². The van der Waals surface area contributed by atoms with Crippen molar-refractivity contribution < 1.29 is 9.53 Å². The molecule has 0 saturated carbocycles. The third kappa shape index (κ3) is 3.44. The Bertz CT molecular complexity index is 471. The fourth-order valence-corrected chi connectivity index (χ4v) is 2.75. The van der Waals surface area contributed by atoms with Crippen LogP contribution in [0.4, 0.5) is 0 Å². The molecule has 3 unspecified atom stereocenters. The monoisotopic (exact) mass is 296 g/mol. The minimum atomic E-state index is -0.517. The lowest BCUT2D eigenvalue weighted by atomic mass is 10.1. The highest BCUT2D eigenvalue weighted by molar-refractivity contribution is 6.30. The van der Waals surface area contributed by atoms with E-state index in [4.69, 9.17) is 16.3 Å². The average Bonchev–Trinajstić information content (AvgIpc) is 2.38. The van der Waals surface area contributed by atoms with E-state index in [0.29, 0.717) is 10.8 Å². The summed E-state index contributed by atoms with van der Waals surface area (Å²) in [5.41, 5.74) is 0. The van der Waals surface area contributed by atoms with Gasteiger partial charge in [0.05, 0.1) is 0 Å². The maximum absolute atomic E-state index is 12.5. The van der Waals surface area contributed by atoms with Crippen LogP contribution in [0, 0.1) is 0 Å². The molecule has 5 heteroatoms. The number of hydrogen-bond donors (Lipinski definition) is 1. The normalized spacial score (nSPS) is 24.3. The Labute approximate surface area is 125 Å². The summed E-state index contributed by atoms with van der Waals surface area (Å²) in [5, 5.41) is 3.92. The van der Waals surface area contributed by atoms with Crippen molar-refractivity contribution in [3.63, 3.8) is 0 Å². The van der Waals surface area contributed by atoms with Crippen molar-refractivity contribution in [3.05, 3.63) is 29.3 Å². The van der Waals surface area contributed by atoms with Crippen molar-refractivity contribution in [3.8, 4) is 5.75 Å². The first-order valence-corrected chi connectivity index (χ1v) is 7.32. The first kappa shape index (κ1) is 15.1. The van der Waals surface area contributed by atoms with Crippen LogP contribution in [0.25, 0.3) is 0 Å². The number of ether oxygens (including phenoxy) is 1. The average molecular weight is 297 g/mol. The van der Waals surface area contributed by atoms with Gasteiger partial charge in [0.2, 0.25) is 0 Å². The topological polar surface area (TPSA) is 41.6 Å². The maximum Gasteiger partial charge on any atom is 0.263 e. The molecule has 4 nitrogen and oxygen atoms in total. The van der Waals surface area contributed by atoms with Gasteiger partial charge in [-0.2, -0.15) is 0 Å². The number of benzene rings is 1. The van der Waals surface area contributed by atoms with Crippen LogP contribution in [0.15, 0.2) is 24.3 Å². The third-order valence-corrected chi connectivity index (χ3v) is 3.78. The summed E-state index contributed by atoms with van der Waals surface area (Å²) in [5.74, 6) is 0.639. The van der Waals surface area contributed by atoms with E-state index in [9.17, 15) is 4.79 Å². The molecule has 1 aromatic rings. The van der Waals surface area contributed by atoms with E-state index < -0.39 is 6.10 Å². The van der Waals surface area contributed by atoms with Gasteiger partial charge < -0.3 is 15.0 Å². The van der Waals surface area contributed by atoms with Crippen molar-refractivity contribution in [1.82, 2.24) is 10.2 Å². The zero-order valence-electron chi connectivity index (χ0n) is 12.1. The lowest BCUT2D eigenvalue weighted by Gasteiger charge is -2.40. The zero-order chi connectivity index (χ0) is 14.7. The summed E-state index contributed by atoms with van der Waals surface area (Å²) in [4.78, 5) is 14.5. The highest BCUT2D eigenvalue weighted by Gasteiger charge is 2.32. The lowest BCUT2D eigenvalue weighted by Crippen LogP contribution is -2.59. The molecule has 20 heavy (non-hydrogen) atoms. The van der Waals surface area contributed by atoms with E-state index in [2.05, 4.69) is 5.32 Å². The molecule has 1 fully saturated rings. The number of halogens is 1. The molecule has 0 aromatic heterocycles. The molecule has 110 valence electrons. The van der Waals surface area contributed by atoms with Crippen LogP contribution >= 0.6 is 11.6 Å². The summed E-state index contributed by atoms with van der Waals surface area (Å²) >= 11 is 5.92. The predicted molar refractivity (Wildman–Crippen MR) is 80.2 cm³/mol. The smallest absolute Gasteiger partial charge is 0.263 e. The summed E-state index contributed by atoms with van der Waals surface area (Å²) in [6.45, 7) is 7.52. The first-order chi connectivity index (χ1) is 9.49. The number of carbonyl (C=O) groups is 1. The molecule has 0 aliphatic carbocycles. The number of nitrogens with one attached hydrogen (secondary N) is 1. The van der Waals surface area contributed by atoms with Gasteiger partial charge in [0.15, 0.2) is 6.10 Å². The number of hydrogen-bond acceptors (Lipinski definition) is 3. The molecule has 1 heterocycles. The molecular formula is C15H21ClN2O2. The Kier molecular flexibility index (Phi) is 4.89. The van der Waals surface area contributed by atoms with Crippen LogP contribution in [-0.4, -0.2) is 42.1 Å². The molecule has 1 saturated heterocycles. The van der Waals surface area contributed by atoms with Gasteiger partial charge in [0, 0.05) is 30.2 Å². The summed E-state index contributed by atoms with van der Waals surface area (Å²) in [6.07, 6.45) is -0.517. The first-order valence-electron chi connectivity index (χ1n) is 6.94. The van der Waals surface area contributed by atoms with E-state index in [1.807, 2.05) is 24.8 Å². The van der Waals surface area contributed by atoms with Crippen LogP contribution in [-0.2, 0) is 4.79 Å². The Morgan fingerprint density at radius 1 is 1.40 bits per heavy atom. The zero-order valence-corrected chi connectivity index (χ0v) is 12.9. The Morgan fingerprint density at radius 2 is 2.05 bits per heavy atom. The number of nitrogens with zero attached hydrogens (tertiary/aromatic N) is 1. The van der Waals surface area contributed by atoms with Gasteiger partial charge in [-0.1, -0.05) is 17.7 Å². The second-order valence-electron chi connectivity index (χ2n) is 5.32. The summed E-state index contributed by atoms with van der Waals surface area (Å²) < 4.78 is 5.71. The number of amides is 1. The van der Waals surface area contributed by atoms with Gasteiger partial charge in [0.25, 0.3) is 5.91 Å². The van der Waals surface area contributed by atoms with Gasteiger partial charge >= 0.3 is 0 Å². The van der Waals surface area contributed by atoms with E-state index >= 15 is 0 Å². The number of piperazine rings is 1. The fourth-order valence-electron chi connectivity index (χ4n) is 2.57. The third-order valence-electron chi connectivity index (χ3n) is 3.54. The van der Waals surface area contributed by atoms with E-state index in [0.717, 1.165) is 13.1 Å². The molecule has 1 aliphatic heterocycles. The van der Waals surface area contributed by atoms with Gasteiger partial charge in [0.1, 0.15) is 5.75 Å². The van der Waals surface area contributed by atoms with Gasteiger partial charge in [-0.15, -0.1) is 0 Å². The van der Waals surface area contributed by atoms with Crippen molar-refractivity contribution in [2.24, 2.45) is 0 Å². The van der Waals surface area contributed by atoms with Crippen molar-refractivity contribution >= 4 is 17.5 Å². The Morgan fingerprint density at radius 3 is 2.65 bits per heavy atom. The van der Waals surface area contributed by atoms with E-state index in [-0.39, 0.29) is 18.0 Å². The second kappa shape index (κ2) is 6.46. The molecule has 0 spiro atoms. The number of rotatable bonds is 3. The molecule has 1 aliphatic rings. The Hall–Kier alpha value is -1.26. The molecule has 1 N–H and O–H groups in total. The maximum atomic E-state index is 12.5. The van der Waals surface area contributed by atoms with Crippen LogP contribution in [0.2, 0.25) is 5.02 Å². The minimum absolute atomic E-state index is 0.0199. The van der Waals surface area contributed by atoms with Gasteiger partial charge in [-0.25, -0.2) is 0 Å². The highest BCUT2D eigenvalue weighted by atomic mass is 35.5. The predicted octanol–water partition coefficient (Wildman–Crippen LogP) is 2.32. The SMILES string of the molecule is CC(Oc1cccc(Cl)c1)C(=O)N1C(C)CNCC1C. The molecule has 3 atom stereocenters. The van der Waals surface area contributed by atoms with Crippen LogP contribution in [0.5, 0.6) is 5.75 Å². The van der Waals surface area contributed by atoms with Crippen molar-refractivity contribution in [1.29, 1.82) is 0 Å². The lowest BCUT2D eigenvalue weighted by molar-refractivity contribution is -0.143. The van der Waals surface area contributed by atoms with Crippen LogP contribution in [0.1, 0.15) is 20.8 Å². The van der Waals surface area contributed by atoms with E-state index in [1.54, 1.807) is 25.1 Å². The number of carbonyl (C=O) groups excluding carboxylic acids is 1. The van der Waals surface area contributed by atoms with Crippen molar-refractivity contribution in [2.75, 3.05) is 13.1 Å². The summed E-state index contributed by atoms with van der Waals surface area (Å²) in [7, 11) is 0. The largest absolute Gasteiger partial charge is 0.481 e. The molecule has 0 radical (unpaired) electrons. The molecular weight excluding hydrogens is 276 g/mol. The van der Waals surface area contributed by atoms with Crippen molar-refractivity contribution in [2.45, 2.75) is 39.0 Å². The minimum Gasteiger partial charge on any atom is -0.481 e. The molecule has 2 rings (SSSR count).